The smallest absolute Gasteiger partial charge is 0.151 e. The molecule has 1 fully saturated rings. The van der Waals surface area contributed by atoms with Crippen LogP contribution in [0.4, 0.5) is 0 Å². The summed E-state index contributed by atoms with van der Waals surface area (Å²) in [5.41, 5.74) is 0.928. The van der Waals surface area contributed by atoms with E-state index in [1.807, 2.05) is 36.4 Å². The first-order valence-corrected chi connectivity index (χ1v) is 9.00. The fourth-order valence-corrected chi connectivity index (χ4v) is 4.37. The van der Waals surface area contributed by atoms with Crippen molar-refractivity contribution in [1.29, 1.82) is 0 Å². The third kappa shape index (κ3) is 3.67. The molecule has 4 nitrogen and oxygen atoms in total. The number of halogens is 1. The van der Waals surface area contributed by atoms with E-state index < -0.39 is 9.84 Å². The van der Waals surface area contributed by atoms with Crippen molar-refractivity contribution >= 4 is 21.4 Å². The molecule has 1 N–H and O–H groups in total. The van der Waals surface area contributed by atoms with Crippen molar-refractivity contribution in [3.05, 3.63) is 47.2 Å². The second-order valence-corrected chi connectivity index (χ2v) is 7.92. The first-order chi connectivity index (χ1) is 10.0. The first-order valence-electron chi connectivity index (χ1n) is 6.80. The Hall–Kier alpha value is -1.30. The Morgan fingerprint density at radius 1 is 1.29 bits per heavy atom. The van der Waals surface area contributed by atoms with Gasteiger partial charge in [-0.1, -0.05) is 23.7 Å². The Kier molecular flexibility index (Phi) is 4.06. The number of nitrogens with one attached hydrogen (secondary N) is 1. The minimum Gasteiger partial charge on any atom is -0.460 e. The van der Waals surface area contributed by atoms with Gasteiger partial charge in [-0.05, 0) is 30.7 Å². The van der Waals surface area contributed by atoms with E-state index in [1.54, 1.807) is 0 Å². The second kappa shape index (κ2) is 5.83. The van der Waals surface area contributed by atoms with Crippen molar-refractivity contribution < 1.29 is 12.8 Å². The van der Waals surface area contributed by atoms with Gasteiger partial charge >= 0.3 is 0 Å². The van der Waals surface area contributed by atoms with Gasteiger partial charge in [0.25, 0.3) is 0 Å². The molecule has 0 aliphatic carbocycles. The SMILES string of the molecule is O=S1(=O)CC[C@H](NCc2ccc(-c3cccc(Cl)c3)o2)C1. The monoisotopic (exact) mass is 325 g/mol. The molecule has 1 saturated heterocycles. The van der Waals surface area contributed by atoms with Crippen LogP contribution < -0.4 is 5.32 Å². The van der Waals surface area contributed by atoms with E-state index in [4.69, 9.17) is 16.0 Å². The second-order valence-electron chi connectivity index (χ2n) is 5.26. The van der Waals surface area contributed by atoms with Crippen molar-refractivity contribution in [3.63, 3.8) is 0 Å². The molecule has 1 atom stereocenters. The van der Waals surface area contributed by atoms with Crippen LogP contribution in [0.15, 0.2) is 40.8 Å². The number of hydrogen-bond acceptors (Lipinski definition) is 4. The summed E-state index contributed by atoms with van der Waals surface area (Å²) < 4.78 is 28.6. The number of benzene rings is 1. The third-order valence-corrected chi connectivity index (χ3v) is 5.57. The average molecular weight is 326 g/mol. The first kappa shape index (κ1) is 14.6. The zero-order chi connectivity index (χ0) is 14.9. The lowest BCUT2D eigenvalue weighted by atomic mass is 10.2. The van der Waals surface area contributed by atoms with Crippen molar-refractivity contribution in [2.45, 2.75) is 19.0 Å². The van der Waals surface area contributed by atoms with Crippen LogP contribution in [0.25, 0.3) is 11.3 Å². The molecule has 0 radical (unpaired) electrons. The highest BCUT2D eigenvalue weighted by Crippen LogP contribution is 2.25. The van der Waals surface area contributed by atoms with Crippen LogP contribution in [0.2, 0.25) is 5.02 Å². The molecule has 0 amide bonds. The molecule has 0 spiro atoms. The van der Waals surface area contributed by atoms with E-state index in [1.165, 1.54) is 0 Å². The van der Waals surface area contributed by atoms with E-state index in [2.05, 4.69) is 5.32 Å². The summed E-state index contributed by atoms with van der Waals surface area (Å²) in [6.07, 6.45) is 0.671. The molecule has 0 saturated carbocycles. The Labute approximate surface area is 129 Å². The van der Waals surface area contributed by atoms with Gasteiger partial charge in [0.2, 0.25) is 0 Å². The standard InChI is InChI=1S/C15H16ClNO3S/c16-12-3-1-2-11(8-12)15-5-4-14(20-15)9-17-13-6-7-21(18,19)10-13/h1-5,8,13,17H,6-7,9-10H2/t13-/m0/s1. The molecule has 1 aromatic heterocycles. The Morgan fingerprint density at radius 3 is 2.86 bits per heavy atom. The maximum absolute atomic E-state index is 11.4. The predicted octanol–water partition coefficient (Wildman–Crippen LogP) is 2.88. The van der Waals surface area contributed by atoms with Crippen LogP contribution in [0.5, 0.6) is 0 Å². The summed E-state index contributed by atoms with van der Waals surface area (Å²) >= 11 is 5.96. The number of sulfone groups is 1. The Bertz CT molecular complexity index is 739. The molecule has 1 aliphatic rings. The maximum Gasteiger partial charge on any atom is 0.151 e. The highest BCUT2D eigenvalue weighted by Gasteiger charge is 2.27. The number of rotatable bonds is 4. The molecule has 2 heterocycles. The van der Waals surface area contributed by atoms with Crippen LogP contribution >= 0.6 is 11.6 Å². The summed E-state index contributed by atoms with van der Waals surface area (Å²) in [6.45, 7) is 0.529. The molecule has 6 heteroatoms. The molecule has 3 rings (SSSR count). The van der Waals surface area contributed by atoms with E-state index in [0.29, 0.717) is 18.0 Å². The highest BCUT2D eigenvalue weighted by atomic mass is 35.5. The topological polar surface area (TPSA) is 59.3 Å². The number of hydrogen-bond donors (Lipinski definition) is 1. The minimum absolute atomic E-state index is 0.0229. The minimum atomic E-state index is -2.85. The molecular weight excluding hydrogens is 310 g/mol. The average Bonchev–Trinajstić information content (AvgIpc) is 3.03. The lowest BCUT2D eigenvalue weighted by Gasteiger charge is -2.08. The van der Waals surface area contributed by atoms with Crippen LogP contribution in [0, 0.1) is 0 Å². The number of furan rings is 1. The highest BCUT2D eigenvalue weighted by molar-refractivity contribution is 7.91. The van der Waals surface area contributed by atoms with Crippen LogP contribution in [-0.2, 0) is 16.4 Å². The predicted molar refractivity (Wildman–Crippen MR) is 83.1 cm³/mol. The normalized spacial score (nSPS) is 20.7. The van der Waals surface area contributed by atoms with Gasteiger partial charge in [-0.3, -0.25) is 0 Å². The summed E-state index contributed by atoms with van der Waals surface area (Å²) in [5, 5.41) is 3.90. The largest absolute Gasteiger partial charge is 0.460 e. The quantitative estimate of drug-likeness (QED) is 0.939. The molecule has 2 aromatic rings. The molecule has 1 aromatic carbocycles. The van der Waals surface area contributed by atoms with Gasteiger partial charge in [0.15, 0.2) is 9.84 Å². The van der Waals surface area contributed by atoms with E-state index in [9.17, 15) is 8.42 Å². The fraction of sp³-hybridized carbons (Fsp3) is 0.333. The molecule has 112 valence electrons. The van der Waals surface area contributed by atoms with E-state index in [-0.39, 0.29) is 17.5 Å². The fourth-order valence-electron chi connectivity index (χ4n) is 2.47. The molecule has 0 bridgehead atoms. The van der Waals surface area contributed by atoms with Gasteiger partial charge < -0.3 is 9.73 Å². The van der Waals surface area contributed by atoms with Gasteiger partial charge in [-0.25, -0.2) is 8.42 Å². The van der Waals surface area contributed by atoms with Gasteiger partial charge in [0, 0.05) is 16.6 Å². The van der Waals surface area contributed by atoms with Gasteiger partial charge in [-0.2, -0.15) is 0 Å². The van der Waals surface area contributed by atoms with Gasteiger partial charge in [0.05, 0.1) is 18.1 Å². The summed E-state index contributed by atoms with van der Waals surface area (Å²) in [7, 11) is -2.85. The van der Waals surface area contributed by atoms with E-state index in [0.717, 1.165) is 17.1 Å². The van der Waals surface area contributed by atoms with Crippen LogP contribution in [0.3, 0.4) is 0 Å². The van der Waals surface area contributed by atoms with Crippen molar-refractivity contribution in [3.8, 4) is 11.3 Å². The van der Waals surface area contributed by atoms with Crippen molar-refractivity contribution in [2.24, 2.45) is 0 Å². The lowest BCUT2D eigenvalue weighted by Crippen LogP contribution is -2.29. The zero-order valence-electron chi connectivity index (χ0n) is 11.4. The van der Waals surface area contributed by atoms with Crippen LogP contribution in [0.1, 0.15) is 12.2 Å². The lowest BCUT2D eigenvalue weighted by molar-refractivity contribution is 0.464. The summed E-state index contributed by atoms with van der Waals surface area (Å²) in [5.74, 6) is 2.04. The molecule has 1 aliphatic heterocycles. The third-order valence-electron chi connectivity index (χ3n) is 3.57. The maximum atomic E-state index is 11.4. The van der Waals surface area contributed by atoms with Crippen molar-refractivity contribution in [2.75, 3.05) is 11.5 Å². The summed E-state index contributed by atoms with van der Waals surface area (Å²) in [6, 6.07) is 11.3. The zero-order valence-corrected chi connectivity index (χ0v) is 13.0. The Morgan fingerprint density at radius 2 is 2.14 bits per heavy atom. The van der Waals surface area contributed by atoms with Crippen LogP contribution in [-0.4, -0.2) is 26.0 Å². The van der Waals surface area contributed by atoms with Gasteiger partial charge in [0.1, 0.15) is 11.5 Å². The Balaban J connectivity index is 1.63. The van der Waals surface area contributed by atoms with Gasteiger partial charge in [-0.15, -0.1) is 0 Å². The molecular formula is C15H16ClNO3S. The molecule has 0 unspecified atom stereocenters. The summed E-state index contributed by atoms with van der Waals surface area (Å²) in [4.78, 5) is 0. The van der Waals surface area contributed by atoms with Crippen molar-refractivity contribution in [1.82, 2.24) is 5.32 Å². The molecule has 21 heavy (non-hydrogen) atoms. The van der Waals surface area contributed by atoms with E-state index >= 15 is 0 Å².